The summed E-state index contributed by atoms with van der Waals surface area (Å²) in [7, 11) is 0. The van der Waals surface area contributed by atoms with E-state index in [2.05, 4.69) is 17.6 Å². The van der Waals surface area contributed by atoms with Crippen LogP contribution in [0.4, 0.5) is 11.4 Å². The zero-order valence-corrected chi connectivity index (χ0v) is 13.5. The maximum absolute atomic E-state index is 5.96. The number of ether oxygens (including phenoxy) is 1. The molecule has 0 aliphatic heterocycles. The Balaban J connectivity index is 1.97. The first-order valence-corrected chi connectivity index (χ1v) is 8.72. The fraction of sp³-hybridized carbons (Fsp3) is 0.625. The van der Waals surface area contributed by atoms with Crippen molar-refractivity contribution in [2.75, 3.05) is 17.3 Å². The van der Waals surface area contributed by atoms with Gasteiger partial charge in [-0.2, -0.15) is 11.8 Å². The Bertz CT molecular complexity index is 428. The molecule has 3 nitrogen and oxygen atoms in total. The molecule has 0 unspecified atom stereocenters. The van der Waals surface area contributed by atoms with Gasteiger partial charge in [0.05, 0.1) is 6.10 Å². The summed E-state index contributed by atoms with van der Waals surface area (Å²) in [6.07, 6.45) is 7.46. The molecular formula is C16H26N2OS. The topological polar surface area (TPSA) is 47.3 Å². The van der Waals surface area contributed by atoms with Crippen LogP contribution in [0.2, 0.25) is 0 Å². The van der Waals surface area contributed by atoms with Crippen molar-refractivity contribution in [2.24, 2.45) is 0 Å². The van der Waals surface area contributed by atoms with Gasteiger partial charge in [-0.1, -0.05) is 0 Å². The fourth-order valence-corrected chi connectivity index (χ4v) is 3.47. The predicted molar refractivity (Wildman–Crippen MR) is 89.8 cm³/mol. The van der Waals surface area contributed by atoms with Gasteiger partial charge in [-0.05, 0) is 51.9 Å². The van der Waals surface area contributed by atoms with Gasteiger partial charge in [0.25, 0.3) is 0 Å². The first-order chi connectivity index (χ1) is 9.56. The molecule has 20 heavy (non-hydrogen) atoms. The van der Waals surface area contributed by atoms with Gasteiger partial charge in [0.1, 0.15) is 5.75 Å². The lowest BCUT2D eigenvalue weighted by atomic mass is 9.95. The molecule has 4 heteroatoms. The molecule has 1 aliphatic rings. The quantitative estimate of drug-likeness (QED) is 0.801. The van der Waals surface area contributed by atoms with Crippen molar-refractivity contribution in [1.82, 2.24) is 0 Å². The van der Waals surface area contributed by atoms with Gasteiger partial charge in [-0.3, -0.25) is 0 Å². The highest BCUT2D eigenvalue weighted by Crippen LogP contribution is 2.30. The van der Waals surface area contributed by atoms with E-state index in [1.807, 2.05) is 37.7 Å². The van der Waals surface area contributed by atoms with E-state index < -0.39 is 0 Å². The molecule has 0 amide bonds. The number of nitrogens with two attached hydrogens (primary N) is 1. The molecule has 2 rings (SSSR count). The Labute approximate surface area is 126 Å². The second kappa shape index (κ2) is 7.11. The van der Waals surface area contributed by atoms with Crippen molar-refractivity contribution in [1.29, 1.82) is 0 Å². The Hall–Kier alpha value is -1.03. The van der Waals surface area contributed by atoms with Crippen LogP contribution in [0.15, 0.2) is 18.2 Å². The summed E-state index contributed by atoms with van der Waals surface area (Å²) in [6.45, 7) is 4.06. The molecular weight excluding hydrogens is 268 g/mol. The largest absolute Gasteiger partial charge is 0.491 e. The molecule has 112 valence electrons. The molecule has 0 spiro atoms. The molecule has 1 saturated carbocycles. The van der Waals surface area contributed by atoms with Gasteiger partial charge in [0.2, 0.25) is 0 Å². The summed E-state index contributed by atoms with van der Waals surface area (Å²) in [5.74, 6) is 0.847. The molecule has 0 saturated heterocycles. The van der Waals surface area contributed by atoms with Crippen LogP contribution in [0, 0.1) is 0 Å². The third-order valence-corrected chi connectivity index (χ3v) is 4.82. The summed E-state index contributed by atoms with van der Waals surface area (Å²) in [6, 6.07) is 6.49. The third-order valence-electron chi connectivity index (χ3n) is 3.68. The lowest BCUT2D eigenvalue weighted by Crippen LogP contribution is -2.27. The summed E-state index contributed by atoms with van der Waals surface area (Å²) < 4.78 is 5.74. The number of nitrogen functional groups attached to an aromatic ring is 1. The standard InChI is InChI=1S/C16H26N2OS/c1-11(2)19-15-9-12(17)8-14(10-15)18-13-4-6-16(20-3)7-5-13/h8-11,13,16,18H,4-7,17H2,1-3H3. The molecule has 3 N–H and O–H groups in total. The number of benzene rings is 1. The van der Waals surface area contributed by atoms with Gasteiger partial charge in [0.15, 0.2) is 0 Å². The van der Waals surface area contributed by atoms with Gasteiger partial charge < -0.3 is 15.8 Å². The van der Waals surface area contributed by atoms with E-state index in [4.69, 9.17) is 10.5 Å². The molecule has 1 aliphatic carbocycles. The minimum absolute atomic E-state index is 0.168. The molecule has 1 fully saturated rings. The van der Waals surface area contributed by atoms with E-state index in [9.17, 15) is 0 Å². The van der Waals surface area contributed by atoms with Crippen LogP contribution in [-0.4, -0.2) is 23.7 Å². The number of anilines is 2. The van der Waals surface area contributed by atoms with Crippen LogP contribution in [0.1, 0.15) is 39.5 Å². The fourth-order valence-electron chi connectivity index (χ4n) is 2.72. The van der Waals surface area contributed by atoms with Crippen molar-refractivity contribution in [3.8, 4) is 5.75 Å². The Kier molecular flexibility index (Phi) is 5.46. The highest BCUT2D eigenvalue weighted by Gasteiger charge is 2.20. The van der Waals surface area contributed by atoms with Crippen molar-refractivity contribution < 1.29 is 4.74 Å². The van der Waals surface area contributed by atoms with Crippen molar-refractivity contribution in [3.05, 3.63) is 18.2 Å². The van der Waals surface area contributed by atoms with Crippen LogP contribution in [0.3, 0.4) is 0 Å². The number of thioether (sulfide) groups is 1. The van der Waals surface area contributed by atoms with Gasteiger partial charge in [0, 0.05) is 34.8 Å². The van der Waals surface area contributed by atoms with Crippen LogP contribution >= 0.6 is 11.8 Å². The summed E-state index contributed by atoms with van der Waals surface area (Å²) in [5.41, 5.74) is 7.79. The number of rotatable bonds is 5. The van der Waals surface area contributed by atoms with Crippen LogP contribution < -0.4 is 15.8 Å². The summed E-state index contributed by atoms with van der Waals surface area (Å²) >= 11 is 2.00. The molecule has 0 aromatic heterocycles. The molecule has 0 radical (unpaired) electrons. The van der Waals surface area contributed by atoms with Crippen LogP contribution in [0.25, 0.3) is 0 Å². The first-order valence-electron chi connectivity index (χ1n) is 7.43. The Morgan fingerprint density at radius 2 is 1.90 bits per heavy atom. The number of hydrogen-bond donors (Lipinski definition) is 2. The second-order valence-corrected chi connectivity index (χ2v) is 6.95. The number of hydrogen-bond acceptors (Lipinski definition) is 4. The first kappa shape index (κ1) is 15.4. The third kappa shape index (κ3) is 4.51. The summed E-state index contributed by atoms with van der Waals surface area (Å²) in [5, 5.41) is 4.45. The van der Waals surface area contributed by atoms with Crippen LogP contribution in [-0.2, 0) is 0 Å². The highest BCUT2D eigenvalue weighted by atomic mass is 32.2. The predicted octanol–water partition coefficient (Wildman–Crippen LogP) is 4.14. The van der Waals surface area contributed by atoms with E-state index in [0.717, 1.165) is 22.4 Å². The SMILES string of the molecule is CSC1CCC(Nc2cc(N)cc(OC(C)C)c2)CC1. The molecule has 0 heterocycles. The zero-order chi connectivity index (χ0) is 14.5. The minimum Gasteiger partial charge on any atom is -0.491 e. The van der Waals surface area contributed by atoms with Crippen LogP contribution in [0.5, 0.6) is 5.75 Å². The van der Waals surface area contributed by atoms with Gasteiger partial charge >= 0.3 is 0 Å². The van der Waals surface area contributed by atoms with E-state index in [1.165, 1.54) is 25.7 Å². The zero-order valence-electron chi connectivity index (χ0n) is 12.7. The van der Waals surface area contributed by atoms with Crippen molar-refractivity contribution in [2.45, 2.75) is 56.9 Å². The molecule has 1 aromatic rings. The smallest absolute Gasteiger partial charge is 0.123 e. The molecule has 0 bridgehead atoms. The lowest BCUT2D eigenvalue weighted by molar-refractivity contribution is 0.242. The highest BCUT2D eigenvalue weighted by molar-refractivity contribution is 7.99. The average Bonchev–Trinajstić information content (AvgIpc) is 2.38. The maximum atomic E-state index is 5.96. The Morgan fingerprint density at radius 1 is 1.20 bits per heavy atom. The van der Waals surface area contributed by atoms with E-state index in [-0.39, 0.29) is 6.10 Å². The van der Waals surface area contributed by atoms with Gasteiger partial charge in [-0.15, -0.1) is 0 Å². The van der Waals surface area contributed by atoms with Gasteiger partial charge in [-0.25, -0.2) is 0 Å². The second-order valence-electron chi connectivity index (χ2n) is 5.81. The molecule has 1 aromatic carbocycles. The van der Waals surface area contributed by atoms with Crippen molar-refractivity contribution in [3.63, 3.8) is 0 Å². The van der Waals surface area contributed by atoms with Crippen molar-refractivity contribution >= 4 is 23.1 Å². The average molecular weight is 294 g/mol. The monoisotopic (exact) mass is 294 g/mol. The number of nitrogens with one attached hydrogen (secondary N) is 1. The maximum Gasteiger partial charge on any atom is 0.123 e. The minimum atomic E-state index is 0.168. The van der Waals surface area contributed by atoms with E-state index >= 15 is 0 Å². The van der Waals surface area contributed by atoms with E-state index in [0.29, 0.717) is 6.04 Å². The normalized spacial score (nSPS) is 22.8. The lowest BCUT2D eigenvalue weighted by Gasteiger charge is -2.29. The summed E-state index contributed by atoms with van der Waals surface area (Å²) in [4.78, 5) is 0. The molecule has 0 atom stereocenters. The Morgan fingerprint density at radius 3 is 2.50 bits per heavy atom. The van der Waals surface area contributed by atoms with E-state index in [1.54, 1.807) is 0 Å².